The first kappa shape index (κ1) is 14.3. The molecule has 3 nitrogen and oxygen atoms in total. The Kier molecular flexibility index (Phi) is 4.77. The van der Waals surface area contributed by atoms with Crippen LogP contribution in [0, 0.1) is 5.82 Å². The molecule has 1 aromatic carbocycles. The molecule has 0 saturated carbocycles. The molecule has 106 valence electrons. The number of piperazine rings is 1. The Balaban J connectivity index is 1.92. The van der Waals surface area contributed by atoms with E-state index in [1.165, 1.54) is 12.5 Å². The van der Waals surface area contributed by atoms with Gasteiger partial charge in [0.1, 0.15) is 5.82 Å². The van der Waals surface area contributed by atoms with E-state index in [1.807, 2.05) is 0 Å². The van der Waals surface area contributed by atoms with Gasteiger partial charge >= 0.3 is 0 Å². The first-order valence-electron chi connectivity index (χ1n) is 7.11. The van der Waals surface area contributed by atoms with Gasteiger partial charge in [0, 0.05) is 50.0 Å². The predicted molar refractivity (Wildman–Crippen MR) is 77.4 cm³/mol. The molecule has 0 aliphatic carbocycles. The number of nitrogen functional groups attached to an aromatic ring is 1. The van der Waals surface area contributed by atoms with Crippen molar-refractivity contribution in [3.8, 4) is 0 Å². The second kappa shape index (κ2) is 6.35. The minimum Gasteiger partial charge on any atom is -0.398 e. The third-order valence-corrected chi connectivity index (χ3v) is 4.16. The Hall–Kier alpha value is -1.13. The quantitative estimate of drug-likeness (QED) is 0.848. The molecule has 1 unspecified atom stereocenters. The highest BCUT2D eigenvalue weighted by Gasteiger charge is 2.21. The molecular weight excluding hydrogens is 241 g/mol. The van der Waals surface area contributed by atoms with E-state index in [2.05, 4.69) is 23.6 Å². The summed E-state index contributed by atoms with van der Waals surface area (Å²) in [5.41, 5.74) is 7.06. The smallest absolute Gasteiger partial charge is 0.129 e. The summed E-state index contributed by atoms with van der Waals surface area (Å²) in [7, 11) is 0. The number of benzene rings is 1. The molecule has 2 N–H and O–H groups in total. The van der Waals surface area contributed by atoms with Gasteiger partial charge < -0.3 is 5.73 Å². The van der Waals surface area contributed by atoms with Crippen LogP contribution in [0.15, 0.2) is 18.2 Å². The number of nitrogens with zero attached hydrogens (tertiary/aromatic N) is 2. The summed E-state index contributed by atoms with van der Waals surface area (Å²) in [6.45, 7) is 9.19. The van der Waals surface area contributed by atoms with Gasteiger partial charge in [-0.1, -0.05) is 13.0 Å². The molecular formula is C15H24FN3. The lowest BCUT2D eigenvalue weighted by Crippen LogP contribution is -2.49. The molecule has 1 saturated heterocycles. The van der Waals surface area contributed by atoms with Crippen molar-refractivity contribution < 1.29 is 4.39 Å². The van der Waals surface area contributed by atoms with E-state index >= 15 is 0 Å². The fraction of sp³-hybridized carbons (Fsp3) is 0.600. The zero-order valence-electron chi connectivity index (χ0n) is 11.9. The summed E-state index contributed by atoms with van der Waals surface area (Å²) < 4.78 is 13.7. The van der Waals surface area contributed by atoms with Gasteiger partial charge in [0.25, 0.3) is 0 Å². The Bertz CT molecular complexity index is 394. The summed E-state index contributed by atoms with van der Waals surface area (Å²) in [6, 6.07) is 5.56. The molecule has 1 atom stereocenters. The van der Waals surface area contributed by atoms with Crippen molar-refractivity contribution in [3.05, 3.63) is 29.6 Å². The standard InChI is InChI=1S/C15H24FN3/c1-3-12(2)19-9-7-18(8-10-19)11-13-14(16)5-4-6-15(13)17/h4-6,12H,3,7-11,17H2,1-2H3. The maximum absolute atomic E-state index is 13.7. The average molecular weight is 265 g/mol. The van der Waals surface area contributed by atoms with E-state index < -0.39 is 0 Å². The molecule has 0 bridgehead atoms. The van der Waals surface area contributed by atoms with Crippen LogP contribution in [0.2, 0.25) is 0 Å². The second-order valence-corrected chi connectivity index (χ2v) is 5.38. The van der Waals surface area contributed by atoms with Crippen molar-refractivity contribution in [3.63, 3.8) is 0 Å². The third kappa shape index (κ3) is 3.45. The van der Waals surface area contributed by atoms with Crippen LogP contribution in [0.4, 0.5) is 10.1 Å². The maximum Gasteiger partial charge on any atom is 0.129 e. The van der Waals surface area contributed by atoms with E-state index in [0.29, 0.717) is 23.8 Å². The van der Waals surface area contributed by atoms with Gasteiger partial charge in [0.2, 0.25) is 0 Å². The van der Waals surface area contributed by atoms with Crippen LogP contribution < -0.4 is 5.73 Å². The normalized spacial score (nSPS) is 19.5. The number of hydrogen-bond donors (Lipinski definition) is 1. The van der Waals surface area contributed by atoms with Gasteiger partial charge in [0.05, 0.1) is 0 Å². The molecule has 1 fully saturated rings. The van der Waals surface area contributed by atoms with E-state index in [9.17, 15) is 4.39 Å². The molecule has 1 aromatic rings. The maximum atomic E-state index is 13.7. The van der Waals surface area contributed by atoms with E-state index in [4.69, 9.17) is 5.73 Å². The van der Waals surface area contributed by atoms with Gasteiger partial charge in [-0.05, 0) is 25.5 Å². The lowest BCUT2D eigenvalue weighted by atomic mass is 10.1. The predicted octanol–water partition coefficient (Wildman–Crippen LogP) is 2.32. The Labute approximate surface area is 115 Å². The summed E-state index contributed by atoms with van der Waals surface area (Å²) in [4.78, 5) is 4.79. The van der Waals surface area contributed by atoms with Crippen LogP contribution in [0.3, 0.4) is 0 Å². The van der Waals surface area contributed by atoms with Crippen LogP contribution in [-0.4, -0.2) is 42.0 Å². The number of anilines is 1. The number of halogens is 1. The first-order valence-corrected chi connectivity index (χ1v) is 7.11. The molecule has 1 heterocycles. The molecule has 19 heavy (non-hydrogen) atoms. The van der Waals surface area contributed by atoms with Crippen LogP contribution in [0.25, 0.3) is 0 Å². The number of hydrogen-bond acceptors (Lipinski definition) is 3. The van der Waals surface area contributed by atoms with Crippen LogP contribution in [0.1, 0.15) is 25.8 Å². The SMILES string of the molecule is CCC(C)N1CCN(Cc2c(N)cccc2F)CC1. The monoisotopic (exact) mass is 265 g/mol. The Morgan fingerprint density at radius 3 is 2.53 bits per heavy atom. The van der Waals surface area contributed by atoms with Crippen LogP contribution >= 0.6 is 0 Å². The van der Waals surface area contributed by atoms with Crippen LogP contribution in [-0.2, 0) is 6.54 Å². The van der Waals surface area contributed by atoms with Crippen molar-refractivity contribution in [2.24, 2.45) is 0 Å². The molecule has 2 rings (SSSR count). The van der Waals surface area contributed by atoms with Crippen molar-refractivity contribution >= 4 is 5.69 Å². The summed E-state index contributed by atoms with van der Waals surface area (Å²) in [5.74, 6) is -0.190. The van der Waals surface area contributed by atoms with Gasteiger partial charge in [-0.15, -0.1) is 0 Å². The van der Waals surface area contributed by atoms with Crippen molar-refractivity contribution in [1.82, 2.24) is 9.80 Å². The highest BCUT2D eigenvalue weighted by Crippen LogP contribution is 2.19. The molecule has 0 radical (unpaired) electrons. The minimum absolute atomic E-state index is 0.190. The third-order valence-electron chi connectivity index (χ3n) is 4.16. The number of nitrogens with two attached hydrogens (primary N) is 1. The van der Waals surface area contributed by atoms with Gasteiger partial charge in [-0.2, -0.15) is 0 Å². The van der Waals surface area contributed by atoms with Crippen molar-refractivity contribution in [1.29, 1.82) is 0 Å². The van der Waals surface area contributed by atoms with Gasteiger partial charge in [0.15, 0.2) is 0 Å². The zero-order chi connectivity index (χ0) is 13.8. The summed E-state index contributed by atoms with van der Waals surface area (Å²) >= 11 is 0. The summed E-state index contributed by atoms with van der Waals surface area (Å²) in [6.07, 6.45) is 1.18. The Morgan fingerprint density at radius 2 is 1.95 bits per heavy atom. The van der Waals surface area contributed by atoms with Gasteiger partial charge in [-0.25, -0.2) is 4.39 Å². The molecule has 1 aliphatic heterocycles. The second-order valence-electron chi connectivity index (χ2n) is 5.38. The van der Waals surface area contributed by atoms with E-state index in [1.54, 1.807) is 12.1 Å². The van der Waals surface area contributed by atoms with Crippen molar-refractivity contribution in [2.45, 2.75) is 32.9 Å². The first-order chi connectivity index (χ1) is 9.11. The van der Waals surface area contributed by atoms with E-state index in [-0.39, 0.29) is 5.82 Å². The molecule has 0 amide bonds. The van der Waals surface area contributed by atoms with Gasteiger partial charge in [-0.3, -0.25) is 9.80 Å². The molecule has 0 aromatic heterocycles. The molecule has 1 aliphatic rings. The minimum atomic E-state index is -0.190. The summed E-state index contributed by atoms with van der Waals surface area (Å²) in [5, 5.41) is 0. The lowest BCUT2D eigenvalue weighted by molar-refractivity contribution is 0.0958. The number of rotatable bonds is 4. The largest absolute Gasteiger partial charge is 0.398 e. The highest BCUT2D eigenvalue weighted by atomic mass is 19.1. The highest BCUT2D eigenvalue weighted by molar-refractivity contribution is 5.47. The average Bonchev–Trinajstić information content (AvgIpc) is 2.43. The Morgan fingerprint density at radius 1 is 1.26 bits per heavy atom. The van der Waals surface area contributed by atoms with Crippen molar-refractivity contribution in [2.75, 3.05) is 31.9 Å². The van der Waals surface area contributed by atoms with E-state index in [0.717, 1.165) is 26.2 Å². The fourth-order valence-corrected chi connectivity index (χ4v) is 2.59. The van der Waals surface area contributed by atoms with Crippen LogP contribution in [0.5, 0.6) is 0 Å². The zero-order valence-corrected chi connectivity index (χ0v) is 11.9. The topological polar surface area (TPSA) is 32.5 Å². The molecule has 4 heteroatoms. The fourth-order valence-electron chi connectivity index (χ4n) is 2.59. The molecule has 0 spiro atoms. The lowest BCUT2D eigenvalue weighted by Gasteiger charge is -2.38.